The van der Waals surface area contributed by atoms with Gasteiger partial charge in [0.25, 0.3) is 0 Å². The number of hydrogen-bond donors (Lipinski definition) is 2. The lowest BCUT2D eigenvalue weighted by Gasteiger charge is -2.33. The van der Waals surface area contributed by atoms with Gasteiger partial charge in [-0.05, 0) is 56.4 Å². The highest BCUT2D eigenvalue weighted by molar-refractivity contribution is 7.89. The molecule has 160 valence electrons. The van der Waals surface area contributed by atoms with E-state index in [0.717, 1.165) is 24.8 Å². The molecule has 2 amide bonds. The van der Waals surface area contributed by atoms with Crippen molar-refractivity contribution in [1.29, 1.82) is 0 Å². The highest BCUT2D eigenvalue weighted by Crippen LogP contribution is 2.26. The second-order valence-electron chi connectivity index (χ2n) is 7.96. The molecule has 2 aliphatic rings. The normalized spacial score (nSPS) is 17.9. The van der Waals surface area contributed by atoms with Crippen molar-refractivity contribution in [2.45, 2.75) is 44.0 Å². The van der Waals surface area contributed by atoms with Crippen molar-refractivity contribution in [3.63, 3.8) is 0 Å². The van der Waals surface area contributed by atoms with E-state index in [1.807, 2.05) is 30.9 Å². The molecule has 1 aliphatic heterocycles. The number of amides is 2. The van der Waals surface area contributed by atoms with Gasteiger partial charge in [-0.3, -0.25) is 14.5 Å². The second kappa shape index (κ2) is 9.23. The summed E-state index contributed by atoms with van der Waals surface area (Å²) in [6, 6.07) is 5.49. The van der Waals surface area contributed by atoms with Crippen molar-refractivity contribution in [2.24, 2.45) is 0 Å². The summed E-state index contributed by atoms with van der Waals surface area (Å²) in [5, 5.41) is 5.32. The molecule has 0 unspecified atom stereocenters. The summed E-state index contributed by atoms with van der Waals surface area (Å²) in [6.07, 6.45) is 3.05. The summed E-state index contributed by atoms with van der Waals surface area (Å²) < 4.78 is 27.4. The Morgan fingerprint density at radius 1 is 1.03 bits per heavy atom. The molecule has 1 aromatic rings. The first-order valence-corrected chi connectivity index (χ1v) is 11.6. The molecule has 29 heavy (non-hydrogen) atoms. The summed E-state index contributed by atoms with van der Waals surface area (Å²) in [7, 11) is -3.52. The predicted octanol–water partition coefficient (Wildman–Crippen LogP) is 0.122. The van der Waals surface area contributed by atoms with E-state index < -0.39 is 10.0 Å². The minimum Gasteiger partial charge on any atom is -0.352 e. The molecule has 0 spiro atoms. The van der Waals surface area contributed by atoms with Crippen LogP contribution in [0.15, 0.2) is 23.1 Å². The van der Waals surface area contributed by atoms with Crippen molar-refractivity contribution < 1.29 is 18.0 Å². The van der Waals surface area contributed by atoms with E-state index in [1.54, 1.807) is 6.07 Å². The van der Waals surface area contributed by atoms with Gasteiger partial charge in [-0.2, -0.15) is 4.31 Å². The van der Waals surface area contributed by atoms with Crippen molar-refractivity contribution >= 4 is 21.8 Å². The van der Waals surface area contributed by atoms with E-state index in [-0.39, 0.29) is 30.9 Å². The van der Waals surface area contributed by atoms with Crippen molar-refractivity contribution in [3.05, 3.63) is 29.3 Å². The number of piperazine rings is 1. The number of aryl methyl sites for hydroxylation is 2. The van der Waals surface area contributed by atoms with Crippen molar-refractivity contribution in [3.8, 4) is 0 Å². The smallest absolute Gasteiger partial charge is 0.243 e. The third-order valence-corrected chi connectivity index (χ3v) is 7.20. The van der Waals surface area contributed by atoms with Gasteiger partial charge in [0.2, 0.25) is 21.8 Å². The zero-order chi connectivity index (χ0) is 21.0. The highest BCUT2D eigenvalue weighted by Gasteiger charge is 2.30. The van der Waals surface area contributed by atoms with E-state index in [4.69, 9.17) is 0 Å². The number of fused-ring (bicyclic) bond motifs is 1. The number of nitrogens with zero attached hydrogens (tertiary/aromatic N) is 2. The fraction of sp³-hybridized carbons (Fsp3) is 0.600. The minimum atomic E-state index is -3.52. The molecule has 8 nitrogen and oxygen atoms in total. The van der Waals surface area contributed by atoms with Gasteiger partial charge in [0, 0.05) is 32.2 Å². The predicted molar refractivity (Wildman–Crippen MR) is 110 cm³/mol. The Hall–Kier alpha value is -1.97. The Morgan fingerprint density at radius 2 is 1.72 bits per heavy atom. The molecule has 1 fully saturated rings. The lowest BCUT2D eigenvalue weighted by molar-refractivity contribution is -0.127. The van der Waals surface area contributed by atoms with Gasteiger partial charge in [-0.25, -0.2) is 8.42 Å². The van der Waals surface area contributed by atoms with Crippen LogP contribution in [0.1, 0.15) is 31.4 Å². The average Bonchev–Trinajstić information content (AvgIpc) is 3.14. The molecule has 0 radical (unpaired) electrons. The van der Waals surface area contributed by atoms with Gasteiger partial charge < -0.3 is 10.6 Å². The number of carbonyl (C=O) groups is 2. The quantitative estimate of drug-likeness (QED) is 0.651. The van der Waals surface area contributed by atoms with E-state index in [0.29, 0.717) is 31.1 Å². The fourth-order valence-electron chi connectivity index (χ4n) is 3.80. The molecule has 0 saturated carbocycles. The van der Waals surface area contributed by atoms with Gasteiger partial charge in [-0.15, -0.1) is 0 Å². The van der Waals surface area contributed by atoms with Gasteiger partial charge in [0.1, 0.15) is 0 Å². The van der Waals surface area contributed by atoms with Crippen LogP contribution in [0.3, 0.4) is 0 Å². The molecule has 0 bridgehead atoms. The second-order valence-corrected chi connectivity index (χ2v) is 9.90. The topological polar surface area (TPSA) is 98.8 Å². The first-order valence-electron chi connectivity index (χ1n) is 10.2. The van der Waals surface area contributed by atoms with E-state index >= 15 is 0 Å². The summed E-state index contributed by atoms with van der Waals surface area (Å²) in [5.74, 6) is -0.461. The first-order chi connectivity index (χ1) is 13.8. The van der Waals surface area contributed by atoms with Gasteiger partial charge in [0.15, 0.2) is 0 Å². The largest absolute Gasteiger partial charge is 0.352 e. The number of carbonyl (C=O) groups excluding carboxylic acids is 2. The average molecular weight is 423 g/mol. The van der Waals surface area contributed by atoms with Crippen LogP contribution in [0.4, 0.5) is 0 Å². The van der Waals surface area contributed by atoms with Gasteiger partial charge >= 0.3 is 0 Å². The van der Waals surface area contributed by atoms with Crippen LogP contribution in [0.5, 0.6) is 0 Å². The number of sulfonamides is 1. The van der Waals surface area contributed by atoms with Crippen LogP contribution in [-0.2, 0) is 32.5 Å². The van der Waals surface area contributed by atoms with E-state index in [2.05, 4.69) is 10.6 Å². The van der Waals surface area contributed by atoms with Crippen LogP contribution in [0.2, 0.25) is 0 Å². The van der Waals surface area contributed by atoms with E-state index in [9.17, 15) is 18.0 Å². The molecular formula is C20H30N4O4S. The molecule has 0 atom stereocenters. The van der Waals surface area contributed by atoms with Crippen LogP contribution < -0.4 is 10.6 Å². The molecule has 2 N–H and O–H groups in total. The first kappa shape index (κ1) is 21.7. The minimum absolute atomic E-state index is 0.0279. The fourth-order valence-corrected chi connectivity index (χ4v) is 5.27. The van der Waals surface area contributed by atoms with Crippen LogP contribution >= 0.6 is 0 Å². The lowest BCUT2D eigenvalue weighted by atomic mass is 10.1. The maximum atomic E-state index is 13.0. The third-order valence-electron chi connectivity index (χ3n) is 5.30. The van der Waals surface area contributed by atoms with Gasteiger partial charge in [0.05, 0.1) is 18.0 Å². The summed E-state index contributed by atoms with van der Waals surface area (Å²) >= 11 is 0. The van der Waals surface area contributed by atoms with Crippen molar-refractivity contribution in [1.82, 2.24) is 19.8 Å². The third kappa shape index (κ3) is 5.55. The highest BCUT2D eigenvalue weighted by atomic mass is 32.2. The van der Waals surface area contributed by atoms with Gasteiger partial charge in [-0.1, -0.05) is 6.07 Å². The molecule has 9 heteroatoms. The molecule has 3 rings (SSSR count). The SMILES string of the molecule is CC(C)NC(=O)CNC(=O)CN1CCN(S(=O)(=O)c2ccc3c(c2)CCC3)CC1. The maximum Gasteiger partial charge on any atom is 0.243 e. The maximum absolute atomic E-state index is 13.0. The van der Waals surface area contributed by atoms with Crippen LogP contribution in [0.25, 0.3) is 0 Å². The summed E-state index contributed by atoms with van der Waals surface area (Å²) in [6.45, 7) is 5.48. The Bertz CT molecular complexity index is 861. The Kier molecular flexibility index (Phi) is 6.92. The summed E-state index contributed by atoms with van der Waals surface area (Å²) in [4.78, 5) is 25.9. The number of nitrogens with one attached hydrogen (secondary N) is 2. The molecule has 0 aromatic heterocycles. The van der Waals surface area contributed by atoms with E-state index in [1.165, 1.54) is 9.87 Å². The van der Waals surface area contributed by atoms with Crippen LogP contribution in [-0.4, -0.2) is 74.7 Å². The number of hydrogen-bond acceptors (Lipinski definition) is 5. The monoisotopic (exact) mass is 422 g/mol. The number of benzene rings is 1. The molecule has 1 saturated heterocycles. The zero-order valence-electron chi connectivity index (χ0n) is 17.1. The van der Waals surface area contributed by atoms with Crippen LogP contribution in [0, 0.1) is 0 Å². The van der Waals surface area contributed by atoms with Crippen molar-refractivity contribution in [2.75, 3.05) is 39.3 Å². The Morgan fingerprint density at radius 3 is 2.41 bits per heavy atom. The molecule has 1 heterocycles. The Balaban J connectivity index is 1.48. The number of rotatable bonds is 7. The molecular weight excluding hydrogens is 392 g/mol. The zero-order valence-corrected chi connectivity index (χ0v) is 17.9. The lowest BCUT2D eigenvalue weighted by Crippen LogP contribution is -2.51. The summed E-state index contributed by atoms with van der Waals surface area (Å²) in [5.41, 5.74) is 2.39. The standard InChI is InChI=1S/C20H30N4O4S/c1-15(2)22-19(25)13-21-20(26)14-23-8-10-24(11-9-23)29(27,28)18-7-6-16-4-3-5-17(16)12-18/h6-7,12,15H,3-5,8-11,13-14H2,1-2H3,(H,21,26)(H,22,25). The molecule has 1 aliphatic carbocycles. The Labute approximate surface area is 172 Å². The molecule has 1 aromatic carbocycles.